The lowest BCUT2D eigenvalue weighted by Crippen LogP contribution is -2.10. The molecular formula is C18H25ClN6. The van der Waals surface area contributed by atoms with Crippen molar-refractivity contribution in [2.75, 3.05) is 0 Å². The second-order valence-electron chi connectivity index (χ2n) is 6.45. The van der Waals surface area contributed by atoms with Crippen molar-refractivity contribution in [1.82, 2.24) is 29.1 Å². The van der Waals surface area contributed by atoms with Crippen LogP contribution in [0.25, 0.3) is 11.3 Å². The fraction of sp³-hybridized carbons (Fsp3) is 0.500. The second kappa shape index (κ2) is 7.04. The normalized spacial score (nSPS) is 11.4. The summed E-state index contributed by atoms with van der Waals surface area (Å²) in [4.78, 5) is 4.36. The molecule has 0 spiro atoms. The van der Waals surface area contributed by atoms with Gasteiger partial charge in [-0.2, -0.15) is 10.2 Å². The Morgan fingerprint density at radius 3 is 2.24 bits per heavy atom. The predicted molar refractivity (Wildman–Crippen MR) is 99.9 cm³/mol. The van der Waals surface area contributed by atoms with Crippen LogP contribution < -0.4 is 0 Å². The minimum atomic E-state index is 0.749. The molecule has 0 aliphatic heterocycles. The molecule has 134 valence electrons. The minimum Gasteiger partial charge on any atom is -0.329 e. The van der Waals surface area contributed by atoms with E-state index >= 15 is 0 Å². The van der Waals surface area contributed by atoms with Crippen molar-refractivity contribution in [1.29, 1.82) is 0 Å². The molecule has 0 aliphatic rings. The minimum absolute atomic E-state index is 0.749. The molecule has 0 aromatic carbocycles. The van der Waals surface area contributed by atoms with Crippen molar-refractivity contribution in [3.8, 4) is 11.3 Å². The van der Waals surface area contributed by atoms with Crippen molar-refractivity contribution >= 4 is 11.6 Å². The summed E-state index contributed by atoms with van der Waals surface area (Å²) in [5.41, 5.74) is 6.39. The summed E-state index contributed by atoms with van der Waals surface area (Å²) in [6.45, 7) is 12.8. The summed E-state index contributed by atoms with van der Waals surface area (Å²) in [7, 11) is 0. The van der Waals surface area contributed by atoms with E-state index in [1.807, 2.05) is 31.1 Å². The molecule has 0 aliphatic carbocycles. The number of hydrogen-bond acceptors (Lipinski definition) is 3. The zero-order valence-electron chi connectivity index (χ0n) is 15.5. The van der Waals surface area contributed by atoms with Crippen LogP contribution in [0, 0.1) is 27.7 Å². The first-order valence-electron chi connectivity index (χ1n) is 8.68. The van der Waals surface area contributed by atoms with Crippen LogP contribution in [0.1, 0.15) is 36.1 Å². The SMILES string of the molecule is CCCn1nc(C)c(-c2cncn2CCn2nc(C)c(Cl)c2C)c1C. The van der Waals surface area contributed by atoms with Crippen molar-refractivity contribution in [2.45, 2.75) is 60.7 Å². The molecule has 0 bridgehead atoms. The third-order valence-corrected chi connectivity index (χ3v) is 5.18. The van der Waals surface area contributed by atoms with Crippen molar-refractivity contribution in [3.63, 3.8) is 0 Å². The van der Waals surface area contributed by atoms with Gasteiger partial charge < -0.3 is 4.57 Å². The van der Waals surface area contributed by atoms with Crippen LogP contribution in [0.2, 0.25) is 5.02 Å². The fourth-order valence-electron chi connectivity index (χ4n) is 3.30. The number of rotatable bonds is 6. The largest absolute Gasteiger partial charge is 0.329 e. The summed E-state index contributed by atoms with van der Waals surface area (Å²) in [6, 6.07) is 0. The fourth-order valence-corrected chi connectivity index (χ4v) is 3.43. The van der Waals surface area contributed by atoms with Gasteiger partial charge in [-0.3, -0.25) is 9.36 Å². The molecule has 3 aromatic heterocycles. The van der Waals surface area contributed by atoms with Gasteiger partial charge in [-0.05, 0) is 34.1 Å². The summed E-state index contributed by atoms with van der Waals surface area (Å²) >= 11 is 6.25. The molecule has 3 rings (SSSR count). The Labute approximate surface area is 153 Å². The molecule has 3 heterocycles. The van der Waals surface area contributed by atoms with Gasteiger partial charge in [-0.15, -0.1) is 0 Å². The van der Waals surface area contributed by atoms with E-state index in [-0.39, 0.29) is 0 Å². The van der Waals surface area contributed by atoms with Crippen LogP contribution in [0.5, 0.6) is 0 Å². The number of hydrogen-bond donors (Lipinski definition) is 0. The second-order valence-corrected chi connectivity index (χ2v) is 6.83. The predicted octanol–water partition coefficient (Wildman–Crippen LogP) is 3.94. The molecular weight excluding hydrogens is 336 g/mol. The zero-order valence-corrected chi connectivity index (χ0v) is 16.3. The Hall–Kier alpha value is -2.08. The highest BCUT2D eigenvalue weighted by molar-refractivity contribution is 6.31. The van der Waals surface area contributed by atoms with Gasteiger partial charge in [0.2, 0.25) is 0 Å². The van der Waals surface area contributed by atoms with Crippen molar-refractivity contribution < 1.29 is 0 Å². The van der Waals surface area contributed by atoms with Crippen molar-refractivity contribution in [3.05, 3.63) is 40.3 Å². The van der Waals surface area contributed by atoms with Crippen molar-refractivity contribution in [2.24, 2.45) is 0 Å². The Bertz CT molecular complexity index is 886. The van der Waals surface area contributed by atoms with Gasteiger partial charge in [-0.25, -0.2) is 4.98 Å². The molecule has 0 saturated carbocycles. The first kappa shape index (κ1) is 17.7. The molecule has 0 radical (unpaired) electrons. The van der Waals surface area contributed by atoms with E-state index in [2.05, 4.69) is 45.2 Å². The van der Waals surface area contributed by atoms with Crippen LogP contribution in [-0.4, -0.2) is 29.1 Å². The van der Waals surface area contributed by atoms with Gasteiger partial charge in [0.05, 0.1) is 46.9 Å². The molecule has 0 atom stereocenters. The van der Waals surface area contributed by atoms with Gasteiger partial charge in [0.15, 0.2) is 0 Å². The van der Waals surface area contributed by atoms with Gasteiger partial charge in [0.25, 0.3) is 0 Å². The lowest BCUT2D eigenvalue weighted by atomic mass is 10.1. The molecule has 0 amide bonds. The molecule has 7 heteroatoms. The van der Waals surface area contributed by atoms with Gasteiger partial charge in [-0.1, -0.05) is 18.5 Å². The highest BCUT2D eigenvalue weighted by atomic mass is 35.5. The number of aryl methyl sites for hydroxylation is 5. The van der Waals surface area contributed by atoms with E-state index in [1.165, 1.54) is 11.3 Å². The van der Waals surface area contributed by atoms with E-state index in [9.17, 15) is 0 Å². The van der Waals surface area contributed by atoms with Gasteiger partial charge in [0, 0.05) is 24.3 Å². The van der Waals surface area contributed by atoms with E-state index in [4.69, 9.17) is 11.6 Å². The summed E-state index contributed by atoms with van der Waals surface area (Å²) < 4.78 is 6.21. The maximum absolute atomic E-state index is 6.25. The van der Waals surface area contributed by atoms with E-state index in [1.54, 1.807) is 0 Å². The van der Waals surface area contributed by atoms with Crippen LogP contribution in [0.3, 0.4) is 0 Å². The third-order valence-electron chi connectivity index (χ3n) is 4.63. The Morgan fingerprint density at radius 1 is 0.920 bits per heavy atom. The molecule has 0 fully saturated rings. The van der Waals surface area contributed by atoms with Gasteiger partial charge in [0.1, 0.15) is 0 Å². The lowest BCUT2D eigenvalue weighted by Gasteiger charge is -2.10. The topological polar surface area (TPSA) is 53.5 Å². The maximum Gasteiger partial charge on any atom is 0.0951 e. The monoisotopic (exact) mass is 360 g/mol. The van der Waals surface area contributed by atoms with Crippen LogP contribution in [0.4, 0.5) is 0 Å². The first-order chi connectivity index (χ1) is 11.9. The zero-order chi connectivity index (χ0) is 18.1. The van der Waals surface area contributed by atoms with Crippen LogP contribution >= 0.6 is 11.6 Å². The Morgan fingerprint density at radius 2 is 1.60 bits per heavy atom. The molecule has 0 unspecified atom stereocenters. The Kier molecular flexibility index (Phi) is 4.99. The number of aromatic nitrogens is 6. The highest BCUT2D eigenvalue weighted by Gasteiger charge is 2.17. The molecule has 0 saturated heterocycles. The summed E-state index contributed by atoms with van der Waals surface area (Å²) in [6.07, 6.45) is 4.86. The third kappa shape index (κ3) is 3.23. The smallest absolute Gasteiger partial charge is 0.0951 e. The number of halogens is 1. The van der Waals surface area contributed by atoms with E-state index in [0.29, 0.717) is 0 Å². The average Bonchev–Trinajstić information content (AvgIpc) is 3.20. The number of nitrogens with zero attached hydrogens (tertiary/aromatic N) is 6. The molecule has 25 heavy (non-hydrogen) atoms. The summed E-state index contributed by atoms with van der Waals surface area (Å²) in [5, 5.41) is 9.94. The maximum atomic E-state index is 6.25. The van der Waals surface area contributed by atoms with E-state index in [0.717, 1.165) is 53.9 Å². The number of imidazole rings is 1. The standard InChI is InChI=1S/C18H25ClN6/c1-6-7-24-14(4)17(12(2)21-24)16-10-20-11-23(16)8-9-25-15(5)18(19)13(3)22-25/h10-11H,6-9H2,1-5H3. The van der Waals surface area contributed by atoms with Crippen LogP contribution in [-0.2, 0) is 19.6 Å². The first-order valence-corrected chi connectivity index (χ1v) is 9.05. The average molecular weight is 361 g/mol. The van der Waals surface area contributed by atoms with Crippen LogP contribution in [0.15, 0.2) is 12.5 Å². The van der Waals surface area contributed by atoms with E-state index < -0.39 is 0 Å². The molecule has 0 N–H and O–H groups in total. The molecule has 3 aromatic rings. The highest BCUT2D eigenvalue weighted by Crippen LogP contribution is 2.27. The van der Waals surface area contributed by atoms with Gasteiger partial charge >= 0.3 is 0 Å². The lowest BCUT2D eigenvalue weighted by molar-refractivity contribution is 0.523. The summed E-state index contributed by atoms with van der Waals surface area (Å²) in [5.74, 6) is 0. The molecule has 6 nitrogen and oxygen atoms in total. The Balaban J connectivity index is 1.87. The quantitative estimate of drug-likeness (QED) is 0.669.